The lowest BCUT2D eigenvalue weighted by atomic mass is 9.99. The number of aliphatic hydroxyl groups is 1. The molecule has 35 heavy (non-hydrogen) atoms. The van der Waals surface area contributed by atoms with E-state index in [1.807, 2.05) is 0 Å². The molecule has 0 fully saturated rings. The second-order valence-corrected chi connectivity index (χ2v) is 8.00. The topological polar surface area (TPSA) is 112 Å². The van der Waals surface area contributed by atoms with Crippen molar-refractivity contribution in [3.63, 3.8) is 0 Å². The predicted molar refractivity (Wildman–Crippen MR) is 123 cm³/mol. The van der Waals surface area contributed by atoms with E-state index in [0.717, 1.165) is 0 Å². The molecule has 1 N–H and O–H groups in total. The Hall–Kier alpha value is -4.66. The molecule has 0 spiro atoms. The van der Waals surface area contributed by atoms with E-state index in [0.29, 0.717) is 52.9 Å². The molecular weight excluding hydrogens is 454 g/mol. The van der Waals surface area contributed by atoms with Crippen LogP contribution in [0.25, 0.3) is 11.0 Å². The first kappa shape index (κ1) is 20.9. The summed E-state index contributed by atoms with van der Waals surface area (Å²) in [4.78, 5) is 28.3. The van der Waals surface area contributed by atoms with Gasteiger partial charge < -0.3 is 28.2 Å². The van der Waals surface area contributed by atoms with Crippen molar-refractivity contribution in [3.05, 3.63) is 83.7 Å². The fourth-order valence-corrected chi connectivity index (χ4v) is 4.44. The fraction of sp³-hybridized carbons (Fsp3) is 0.154. The molecule has 2 aliphatic heterocycles. The molecule has 0 radical (unpaired) electrons. The van der Waals surface area contributed by atoms with Gasteiger partial charge in [-0.3, -0.25) is 14.5 Å². The van der Waals surface area contributed by atoms with Gasteiger partial charge in [-0.15, -0.1) is 0 Å². The summed E-state index contributed by atoms with van der Waals surface area (Å²) in [6.45, 7) is 0.794. The SMILES string of the molecule is COc1cccc2cc(C(=O)C3=C(O)C(=O)N(c4ccc5c(c4)OCCO5)C3c3ccco3)oc12. The molecule has 9 heteroatoms. The van der Waals surface area contributed by atoms with Gasteiger partial charge in [-0.2, -0.15) is 0 Å². The van der Waals surface area contributed by atoms with Gasteiger partial charge in [-0.05, 0) is 36.4 Å². The van der Waals surface area contributed by atoms with Crippen LogP contribution in [0.5, 0.6) is 17.2 Å². The van der Waals surface area contributed by atoms with Crippen LogP contribution < -0.4 is 19.1 Å². The number of ether oxygens (including phenoxy) is 3. The number of carbonyl (C=O) groups excluding carboxylic acids is 2. The molecule has 0 saturated carbocycles. The molecule has 1 atom stereocenters. The van der Waals surface area contributed by atoms with Crippen molar-refractivity contribution in [2.45, 2.75) is 6.04 Å². The third-order valence-electron chi connectivity index (χ3n) is 6.02. The summed E-state index contributed by atoms with van der Waals surface area (Å²) in [5.74, 6) is -0.347. The van der Waals surface area contributed by atoms with Crippen LogP contribution in [0, 0.1) is 0 Å². The molecule has 6 rings (SSSR count). The highest BCUT2D eigenvalue weighted by atomic mass is 16.6. The standard InChI is InChI=1S/C26H19NO8/c1-31-18-5-2-4-14-12-20(35-25(14)18)23(28)21-22(17-6-3-9-32-17)27(26(30)24(21)29)15-7-8-16-19(13-15)34-11-10-33-16/h2-9,12-13,22,29H,10-11H2,1H3. The first-order valence-electron chi connectivity index (χ1n) is 10.9. The minimum absolute atomic E-state index is 0.0422. The second kappa shape index (κ2) is 7.98. The maximum absolute atomic E-state index is 13.7. The number of para-hydroxylation sites is 1. The van der Waals surface area contributed by atoms with Crippen LogP contribution >= 0.6 is 0 Å². The average molecular weight is 473 g/mol. The Morgan fingerprint density at radius 2 is 1.89 bits per heavy atom. The van der Waals surface area contributed by atoms with Crippen LogP contribution in [0.3, 0.4) is 0 Å². The van der Waals surface area contributed by atoms with Crippen molar-refractivity contribution >= 4 is 28.3 Å². The van der Waals surface area contributed by atoms with Crippen LogP contribution in [0.4, 0.5) is 5.69 Å². The molecule has 1 unspecified atom stereocenters. The Bertz CT molecular complexity index is 1500. The number of benzene rings is 2. The number of hydrogen-bond acceptors (Lipinski definition) is 8. The van der Waals surface area contributed by atoms with Gasteiger partial charge in [0.1, 0.15) is 25.0 Å². The summed E-state index contributed by atoms with van der Waals surface area (Å²) in [6, 6.07) is 14.0. The minimum atomic E-state index is -1.03. The monoisotopic (exact) mass is 473 g/mol. The maximum atomic E-state index is 13.7. The van der Waals surface area contributed by atoms with Crippen molar-refractivity contribution in [3.8, 4) is 17.2 Å². The quantitative estimate of drug-likeness (QED) is 0.419. The summed E-state index contributed by atoms with van der Waals surface area (Å²) in [6.07, 6.45) is 1.44. The highest BCUT2D eigenvalue weighted by Crippen LogP contribution is 2.45. The van der Waals surface area contributed by atoms with E-state index in [1.54, 1.807) is 54.6 Å². The first-order valence-corrected chi connectivity index (χ1v) is 10.9. The highest BCUT2D eigenvalue weighted by Gasteiger charge is 2.47. The Morgan fingerprint density at radius 1 is 1.06 bits per heavy atom. The molecule has 2 aromatic carbocycles. The second-order valence-electron chi connectivity index (χ2n) is 8.00. The third-order valence-corrected chi connectivity index (χ3v) is 6.02. The summed E-state index contributed by atoms with van der Waals surface area (Å²) < 4.78 is 27.9. The van der Waals surface area contributed by atoms with Gasteiger partial charge in [0.15, 0.2) is 34.4 Å². The molecule has 0 aliphatic carbocycles. The van der Waals surface area contributed by atoms with Crippen LogP contribution in [-0.2, 0) is 4.79 Å². The van der Waals surface area contributed by atoms with E-state index in [9.17, 15) is 14.7 Å². The van der Waals surface area contributed by atoms with E-state index in [-0.39, 0.29) is 11.3 Å². The van der Waals surface area contributed by atoms with Gasteiger partial charge in [-0.25, -0.2) is 0 Å². The normalized spacial score (nSPS) is 17.3. The number of rotatable bonds is 5. The number of anilines is 1. The van der Waals surface area contributed by atoms with Crippen molar-refractivity contribution < 1.29 is 37.7 Å². The smallest absolute Gasteiger partial charge is 0.294 e. The largest absolute Gasteiger partial charge is 0.503 e. The molecule has 2 aromatic heterocycles. The molecule has 0 saturated heterocycles. The summed E-state index contributed by atoms with van der Waals surface area (Å²) >= 11 is 0. The Labute approximate surface area is 198 Å². The number of carbonyl (C=O) groups is 2. The molecule has 1 amide bonds. The van der Waals surface area contributed by atoms with Gasteiger partial charge in [0.05, 0.1) is 18.9 Å². The van der Waals surface area contributed by atoms with E-state index in [2.05, 4.69) is 0 Å². The zero-order valence-electron chi connectivity index (χ0n) is 18.5. The summed E-state index contributed by atoms with van der Waals surface area (Å²) in [5.41, 5.74) is 0.639. The molecule has 2 aliphatic rings. The lowest BCUT2D eigenvalue weighted by molar-refractivity contribution is -0.117. The first-order chi connectivity index (χ1) is 17.1. The van der Waals surface area contributed by atoms with Gasteiger partial charge in [0.2, 0.25) is 5.78 Å². The zero-order valence-corrected chi connectivity index (χ0v) is 18.5. The Morgan fingerprint density at radius 3 is 2.66 bits per heavy atom. The van der Waals surface area contributed by atoms with Crippen molar-refractivity contribution in [2.75, 3.05) is 25.2 Å². The van der Waals surface area contributed by atoms with Crippen molar-refractivity contribution in [2.24, 2.45) is 0 Å². The lowest BCUT2D eigenvalue weighted by Gasteiger charge is -2.26. The number of hydrogen-bond donors (Lipinski definition) is 1. The van der Waals surface area contributed by atoms with Gasteiger partial charge in [-0.1, -0.05) is 12.1 Å². The number of Topliss-reactive ketones (excluding diaryl/α,β-unsaturated/α-hetero) is 1. The number of furan rings is 2. The number of ketones is 1. The van der Waals surface area contributed by atoms with Gasteiger partial charge >= 0.3 is 0 Å². The number of aliphatic hydroxyl groups excluding tert-OH is 1. The Balaban J connectivity index is 1.46. The van der Waals surface area contributed by atoms with Crippen LogP contribution in [-0.4, -0.2) is 37.1 Å². The zero-order chi connectivity index (χ0) is 24.1. The molecule has 9 nitrogen and oxygen atoms in total. The maximum Gasteiger partial charge on any atom is 0.294 e. The number of amides is 1. The van der Waals surface area contributed by atoms with Crippen molar-refractivity contribution in [1.82, 2.24) is 0 Å². The molecule has 0 bridgehead atoms. The molecule has 176 valence electrons. The van der Waals surface area contributed by atoms with Crippen LogP contribution in [0.1, 0.15) is 22.4 Å². The predicted octanol–water partition coefficient (Wildman–Crippen LogP) is 4.59. The molecule has 4 aromatic rings. The van der Waals surface area contributed by atoms with E-state index in [4.69, 9.17) is 23.0 Å². The number of fused-ring (bicyclic) bond motifs is 2. The number of nitrogens with zero attached hydrogens (tertiary/aromatic N) is 1. The lowest BCUT2D eigenvalue weighted by Crippen LogP contribution is -2.31. The highest BCUT2D eigenvalue weighted by molar-refractivity contribution is 6.20. The summed E-state index contributed by atoms with van der Waals surface area (Å²) in [5, 5.41) is 11.6. The van der Waals surface area contributed by atoms with Crippen molar-refractivity contribution in [1.29, 1.82) is 0 Å². The average Bonchev–Trinajstić information content (AvgIpc) is 3.62. The van der Waals surface area contributed by atoms with E-state index in [1.165, 1.54) is 18.3 Å². The minimum Gasteiger partial charge on any atom is -0.503 e. The third kappa shape index (κ3) is 3.23. The summed E-state index contributed by atoms with van der Waals surface area (Å²) in [7, 11) is 1.50. The molecule has 4 heterocycles. The molecular formula is C26H19NO8. The van der Waals surface area contributed by atoms with Gasteiger partial charge in [0, 0.05) is 17.1 Å². The Kier molecular flexibility index (Phi) is 4.77. The number of methoxy groups -OCH3 is 1. The van der Waals surface area contributed by atoms with Crippen LogP contribution in [0.2, 0.25) is 0 Å². The van der Waals surface area contributed by atoms with E-state index < -0.39 is 23.5 Å². The fourth-order valence-electron chi connectivity index (χ4n) is 4.44. The van der Waals surface area contributed by atoms with E-state index >= 15 is 0 Å². The van der Waals surface area contributed by atoms with Crippen LogP contribution in [0.15, 0.2) is 81.0 Å². The van der Waals surface area contributed by atoms with Gasteiger partial charge in [0.25, 0.3) is 5.91 Å².